The Kier molecular flexibility index (Phi) is 4.19. The maximum atomic E-state index is 13.0. The minimum absolute atomic E-state index is 0.0618. The lowest BCUT2D eigenvalue weighted by atomic mass is 10.0. The van der Waals surface area contributed by atoms with Gasteiger partial charge in [0.15, 0.2) is 5.82 Å². The Hall–Kier alpha value is -2.74. The SMILES string of the molecule is O=C(c1cc(-c2ccccc2)ns1)N1CCCC[C@H]1c1n[nH]c(=O)[nH]1. The molecule has 0 aliphatic carbocycles. The molecule has 0 radical (unpaired) electrons. The second-order valence-corrected chi connectivity index (χ2v) is 6.82. The second kappa shape index (κ2) is 6.64. The summed E-state index contributed by atoms with van der Waals surface area (Å²) in [7, 11) is 0. The average molecular weight is 355 g/mol. The van der Waals surface area contributed by atoms with Gasteiger partial charge in [-0.1, -0.05) is 30.3 Å². The molecule has 4 rings (SSSR count). The van der Waals surface area contributed by atoms with Crippen molar-refractivity contribution < 1.29 is 4.79 Å². The molecule has 2 aromatic heterocycles. The largest absolute Gasteiger partial charge is 0.340 e. The van der Waals surface area contributed by atoms with Crippen LogP contribution in [-0.2, 0) is 0 Å². The number of rotatable bonds is 3. The third kappa shape index (κ3) is 3.12. The number of aromatic amines is 2. The van der Waals surface area contributed by atoms with E-state index in [1.165, 1.54) is 11.5 Å². The number of amides is 1. The topological polar surface area (TPSA) is 94.7 Å². The smallest absolute Gasteiger partial charge is 0.328 e. The molecule has 0 saturated carbocycles. The van der Waals surface area contributed by atoms with Gasteiger partial charge in [0.2, 0.25) is 0 Å². The second-order valence-electron chi connectivity index (χ2n) is 6.02. The highest BCUT2D eigenvalue weighted by molar-refractivity contribution is 7.08. The number of hydrogen-bond acceptors (Lipinski definition) is 5. The molecule has 128 valence electrons. The Morgan fingerprint density at radius 1 is 1.24 bits per heavy atom. The Bertz CT molecular complexity index is 930. The van der Waals surface area contributed by atoms with Crippen LogP contribution in [-0.4, -0.2) is 36.9 Å². The summed E-state index contributed by atoms with van der Waals surface area (Å²) >= 11 is 1.21. The molecule has 8 heteroatoms. The normalized spacial score (nSPS) is 17.6. The van der Waals surface area contributed by atoms with Gasteiger partial charge >= 0.3 is 5.69 Å². The molecule has 1 aliphatic rings. The van der Waals surface area contributed by atoms with E-state index in [2.05, 4.69) is 19.6 Å². The van der Waals surface area contributed by atoms with Gasteiger partial charge in [-0.3, -0.25) is 9.78 Å². The zero-order valence-corrected chi connectivity index (χ0v) is 14.3. The highest BCUT2D eigenvalue weighted by Gasteiger charge is 2.31. The van der Waals surface area contributed by atoms with Gasteiger partial charge in [-0.05, 0) is 36.9 Å². The van der Waals surface area contributed by atoms with Gasteiger partial charge in [-0.2, -0.15) is 9.47 Å². The summed E-state index contributed by atoms with van der Waals surface area (Å²) < 4.78 is 4.42. The van der Waals surface area contributed by atoms with Crippen LogP contribution in [0, 0.1) is 0 Å². The first-order valence-electron chi connectivity index (χ1n) is 8.20. The molecule has 0 spiro atoms. The van der Waals surface area contributed by atoms with Crippen LogP contribution in [0.4, 0.5) is 0 Å². The molecule has 1 amide bonds. The quantitative estimate of drug-likeness (QED) is 0.755. The number of nitrogens with one attached hydrogen (secondary N) is 2. The first kappa shape index (κ1) is 15.8. The molecule has 7 nitrogen and oxygen atoms in total. The lowest BCUT2D eigenvalue weighted by molar-refractivity contribution is 0.0605. The molecular formula is C17H17N5O2S. The molecule has 2 N–H and O–H groups in total. The number of carbonyl (C=O) groups excluding carboxylic acids is 1. The molecule has 1 fully saturated rings. The van der Waals surface area contributed by atoms with Gasteiger partial charge in [-0.25, -0.2) is 9.89 Å². The van der Waals surface area contributed by atoms with Gasteiger partial charge in [0.1, 0.15) is 4.88 Å². The van der Waals surface area contributed by atoms with Crippen molar-refractivity contribution >= 4 is 17.4 Å². The molecule has 1 saturated heterocycles. The Morgan fingerprint density at radius 3 is 2.84 bits per heavy atom. The third-order valence-corrected chi connectivity index (χ3v) is 5.17. The first-order valence-corrected chi connectivity index (χ1v) is 8.97. The van der Waals surface area contributed by atoms with Crippen LogP contribution in [0.25, 0.3) is 11.3 Å². The molecule has 1 aliphatic heterocycles. The van der Waals surface area contributed by atoms with Crippen molar-refractivity contribution in [2.24, 2.45) is 0 Å². The highest BCUT2D eigenvalue weighted by atomic mass is 32.1. The van der Waals surface area contributed by atoms with Gasteiger partial charge in [-0.15, -0.1) is 0 Å². The van der Waals surface area contributed by atoms with Gasteiger partial charge in [0, 0.05) is 12.1 Å². The number of carbonyl (C=O) groups is 1. The van der Waals surface area contributed by atoms with Crippen LogP contribution in [0.5, 0.6) is 0 Å². The summed E-state index contributed by atoms with van der Waals surface area (Å²) in [6, 6.07) is 11.4. The highest BCUT2D eigenvalue weighted by Crippen LogP contribution is 2.31. The van der Waals surface area contributed by atoms with Crippen molar-refractivity contribution in [3.8, 4) is 11.3 Å². The van der Waals surface area contributed by atoms with Crippen LogP contribution in [0.1, 0.15) is 40.8 Å². The zero-order chi connectivity index (χ0) is 17.2. The summed E-state index contributed by atoms with van der Waals surface area (Å²) in [6.45, 7) is 0.650. The third-order valence-electron chi connectivity index (χ3n) is 4.39. The zero-order valence-electron chi connectivity index (χ0n) is 13.4. The minimum atomic E-state index is -0.350. The number of aromatic nitrogens is 4. The van der Waals surface area contributed by atoms with E-state index in [4.69, 9.17) is 0 Å². The lowest BCUT2D eigenvalue weighted by Gasteiger charge is -2.33. The average Bonchev–Trinajstić information content (AvgIpc) is 3.31. The van der Waals surface area contributed by atoms with Crippen LogP contribution >= 0.6 is 11.5 Å². The van der Waals surface area contributed by atoms with Gasteiger partial charge < -0.3 is 4.90 Å². The van der Waals surface area contributed by atoms with Crippen molar-refractivity contribution in [1.82, 2.24) is 24.5 Å². The van der Waals surface area contributed by atoms with Crippen LogP contribution in [0.15, 0.2) is 41.2 Å². The molecule has 0 unspecified atom stereocenters. The molecule has 1 atom stereocenters. The van der Waals surface area contributed by atoms with E-state index in [1.54, 1.807) is 4.90 Å². The molecule has 25 heavy (non-hydrogen) atoms. The van der Waals surface area contributed by atoms with E-state index < -0.39 is 0 Å². The lowest BCUT2D eigenvalue weighted by Crippen LogP contribution is -2.38. The van der Waals surface area contributed by atoms with Crippen molar-refractivity contribution in [3.63, 3.8) is 0 Å². The number of piperidine rings is 1. The summed E-state index contributed by atoms with van der Waals surface area (Å²) in [5.74, 6) is 0.457. The monoisotopic (exact) mass is 355 g/mol. The van der Waals surface area contributed by atoms with E-state index in [1.807, 2.05) is 36.4 Å². The number of nitrogens with zero attached hydrogens (tertiary/aromatic N) is 3. The van der Waals surface area contributed by atoms with E-state index in [-0.39, 0.29) is 17.6 Å². The molecule has 3 aromatic rings. The summed E-state index contributed by atoms with van der Waals surface area (Å²) in [5.41, 5.74) is 1.44. The summed E-state index contributed by atoms with van der Waals surface area (Å²) in [5, 5.41) is 6.40. The van der Waals surface area contributed by atoms with Crippen LogP contribution < -0.4 is 5.69 Å². The van der Waals surface area contributed by atoms with Gasteiger partial charge in [0.25, 0.3) is 5.91 Å². The predicted molar refractivity (Wildman–Crippen MR) is 94.4 cm³/mol. The predicted octanol–water partition coefficient (Wildman–Crippen LogP) is 2.59. The fourth-order valence-electron chi connectivity index (χ4n) is 3.16. The molecule has 3 heterocycles. The summed E-state index contributed by atoms with van der Waals surface area (Å²) in [6.07, 6.45) is 2.74. The van der Waals surface area contributed by atoms with Crippen LogP contribution in [0.2, 0.25) is 0 Å². The Morgan fingerprint density at radius 2 is 2.08 bits per heavy atom. The number of H-pyrrole nitrogens is 2. The fraction of sp³-hybridized carbons (Fsp3) is 0.294. The van der Waals surface area contributed by atoms with Crippen molar-refractivity contribution in [2.45, 2.75) is 25.3 Å². The number of benzene rings is 1. The minimum Gasteiger partial charge on any atom is -0.328 e. The summed E-state index contributed by atoms with van der Waals surface area (Å²) in [4.78, 5) is 29.4. The van der Waals surface area contributed by atoms with E-state index in [9.17, 15) is 9.59 Å². The Labute approximate surface area is 147 Å². The standard InChI is InChI=1S/C17H17N5O2S/c23-16(14-10-12(21-25-14)11-6-2-1-3-7-11)22-9-5-4-8-13(22)15-18-17(24)20-19-15/h1-3,6-7,10,13H,4-5,8-9H2,(H2,18,19,20,24)/t13-/m0/s1. The van der Waals surface area contributed by atoms with Crippen LogP contribution in [0.3, 0.4) is 0 Å². The van der Waals surface area contributed by atoms with Gasteiger partial charge in [0.05, 0.1) is 11.7 Å². The van der Waals surface area contributed by atoms with E-state index in [0.29, 0.717) is 17.2 Å². The Balaban J connectivity index is 1.61. The van der Waals surface area contributed by atoms with E-state index >= 15 is 0 Å². The fourth-order valence-corrected chi connectivity index (χ4v) is 3.88. The van der Waals surface area contributed by atoms with Crippen molar-refractivity contribution in [3.05, 3.63) is 57.6 Å². The first-order chi connectivity index (χ1) is 12.2. The maximum absolute atomic E-state index is 13.0. The molecule has 0 bridgehead atoms. The molecular weight excluding hydrogens is 338 g/mol. The maximum Gasteiger partial charge on any atom is 0.340 e. The molecule has 1 aromatic carbocycles. The van der Waals surface area contributed by atoms with E-state index in [0.717, 1.165) is 30.5 Å². The van der Waals surface area contributed by atoms with Crippen molar-refractivity contribution in [2.75, 3.05) is 6.54 Å². The number of hydrogen-bond donors (Lipinski definition) is 2. The number of likely N-dealkylation sites (tertiary alicyclic amines) is 1. The van der Waals surface area contributed by atoms with Crippen molar-refractivity contribution in [1.29, 1.82) is 0 Å².